The van der Waals surface area contributed by atoms with Crippen molar-refractivity contribution in [1.82, 2.24) is 14.9 Å². The average molecular weight is 311 g/mol. The first-order valence-corrected chi connectivity index (χ1v) is 7.88. The molecule has 0 spiro atoms. The van der Waals surface area contributed by atoms with Gasteiger partial charge in [0.2, 0.25) is 0 Å². The predicted molar refractivity (Wildman–Crippen MR) is 87.6 cm³/mol. The van der Waals surface area contributed by atoms with Gasteiger partial charge in [0, 0.05) is 12.1 Å². The third kappa shape index (κ3) is 3.50. The Hall–Kier alpha value is -2.43. The Balaban J connectivity index is 1.57. The third-order valence-electron chi connectivity index (χ3n) is 3.87. The molecule has 0 aliphatic carbocycles. The molecule has 0 radical (unpaired) electrons. The third-order valence-corrected chi connectivity index (χ3v) is 3.87. The van der Waals surface area contributed by atoms with Gasteiger partial charge in [0.1, 0.15) is 23.4 Å². The summed E-state index contributed by atoms with van der Waals surface area (Å²) in [6.45, 7) is 7.25. The van der Waals surface area contributed by atoms with Gasteiger partial charge >= 0.3 is 0 Å². The molecule has 1 saturated heterocycles. The van der Waals surface area contributed by atoms with Gasteiger partial charge in [-0.05, 0) is 25.1 Å². The van der Waals surface area contributed by atoms with Crippen molar-refractivity contribution in [1.29, 1.82) is 0 Å². The number of aryl methyl sites for hydroxylation is 1. The van der Waals surface area contributed by atoms with Gasteiger partial charge in [-0.1, -0.05) is 31.5 Å². The highest BCUT2D eigenvalue weighted by Gasteiger charge is 2.33. The average Bonchev–Trinajstić information content (AvgIpc) is 2.51. The van der Waals surface area contributed by atoms with E-state index in [0.29, 0.717) is 24.6 Å². The Bertz CT molecular complexity index is 692. The van der Waals surface area contributed by atoms with Crippen LogP contribution >= 0.6 is 0 Å². The van der Waals surface area contributed by atoms with Gasteiger partial charge in [0.25, 0.3) is 5.91 Å². The fourth-order valence-electron chi connectivity index (χ4n) is 2.42. The molecule has 3 rings (SSSR count). The minimum atomic E-state index is -0.0574. The van der Waals surface area contributed by atoms with Crippen molar-refractivity contribution in [2.24, 2.45) is 0 Å². The van der Waals surface area contributed by atoms with Crippen molar-refractivity contribution < 1.29 is 9.53 Å². The first-order chi connectivity index (χ1) is 11.0. The lowest BCUT2D eigenvalue weighted by Crippen LogP contribution is -2.56. The highest BCUT2D eigenvalue weighted by molar-refractivity contribution is 5.92. The summed E-state index contributed by atoms with van der Waals surface area (Å²) in [5.74, 6) is 1.69. The van der Waals surface area contributed by atoms with E-state index in [1.807, 2.05) is 45.0 Å². The zero-order valence-electron chi connectivity index (χ0n) is 13.7. The van der Waals surface area contributed by atoms with Gasteiger partial charge in [0.15, 0.2) is 0 Å². The predicted octanol–water partition coefficient (Wildman–Crippen LogP) is 2.81. The Morgan fingerprint density at radius 3 is 2.57 bits per heavy atom. The van der Waals surface area contributed by atoms with Crippen LogP contribution < -0.4 is 4.74 Å². The van der Waals surface area contributed by atoms with Crippen LogP contribution in [-0.2, 0) is 0 Å². The summed E-state index contributed by atoms with van der Waals surface area (Å²) in [5.41, 5.74) is 1.66. The first kappa shape index (κ1) is 15.5. The number of ether oxygens (including phenoxy) is 1. The van der Waals surface area contributed by atoms with Gasteiger partial charge in [-0.2, -0.15) is 0 Å². The number of nitrogens with zero attached hydrogens (tertiary/aromatic N) is 3. The molecule has 0 atom stereocenters. The lowest BCUT2D eigenvalue weighted by molar-refractivity contribution is 0.0173. The first-order valence-electron chi connectivity index (χ1n) is 7.88. The summed E-state index contributed by atoms with van der Waals surface area (Å²) in [7, 11) is 0. The monoisotopic (exact) mass is 311 g/mol. The Labute approximate surface area is 136 Å². The van der Waals surface area contributed by atoms with Crippen LogP contribution in [0.5, 0.6) is 5.75 Å². The van der Waals surface area contributed by atoms with E-state index in [1.54, 1.807) is 17.2 Å². The lowest BCUT2D eigenvalue weighted by atomic mass is 10.1. The van der Waals surface area contributed by atoms with Gasteiger partial charge in [0.05, 0.1) is 13.1 Å². The van der Waals surface area contributed by atoms with Crippen LogP contribution in [0.2, 0.25) is 0 Å². The second-order valence-corrected chi connectivity index (χ2v) is 6.22. The summed E-state index contributed by atoms with van der Waals surface area (Å²) in [6, 6.07) is 9.62. The largest absolute Gasteiger partial charge is 0.487 e. The van der Waals surface area contributed by atoms with Gasteiger partial charge < -0.3 is 9.64 Å². The maximum atomic E-state index is 12.4. The van der Waals surface area contributed by atoms with Crippen molar-refractivity contribution in [2.45, 2.75) is 32.8 Å². The summed E-state index contributed by atoms with van der Waals surface area (Å²) in [5, 5.41) is 0. The number of hydrogen-bond donors (Lipinski definition) is 0. The van der Waals surface area contributed by atoms with E-state index in [0.717, 1.165) is 5.75 Å². The summed E-state index contributed by atoms with van der Waals surface area (Å²) < 4.78 is 5.86. The minimum absolute atomic E-state index is 0.0491. The molecule has 1 aromatic carbocycles. The van der Waals surface area contributed by atoms with Crippen molar-refractivity contribution in [3.8, 4) is 5.75 Å². The zero-order chi connectivity index (χ0) is 16.4. The summed E-state index contributed by atoms with van der Waals surface area (Å²) >= 11 is 0. The highest BCUT2D eigenvalue weighted by atomic mass is 16.5. The number of carbonyl (C=O) groups excluding carboxylic acids is 1. The molecule has 5 nitrogen and oxygen atoms in total. The molecule has 1 fully saturated rings. The van der Waals surface area contributed by atoms with E-state index < -0.39 is 0 Å². The number of amides is 1. The number of carbonyl (C=O) groups is 1. The molecule has 0 unspecified atom stereocenters. The summed E-state index contributed by atoms with van der Waals surface area (Å²) in [6.07, 6.45) is 1.70. The second-order valence-electron chi connectivity index (χ2n) is 6.22. The number of aromatic nitrogens is 2. The van der Waals surface area contributed by atoms with Crippen molar-refractivity contribution in [2.75, 3.05) is 13.1 Å². The SMILES string of the molecule is Cc1ccc(OC2CN(C(=O)c3ccnc(C(C)C)n3)C2)cc1. The molecular weight excluding hydrogens is 290 g/mol. The number of rotatable bonds is 4. The molecule has 0 bridgehead atoms. The molecule has 120 valence electrons. The minimum Gasteiger partial charge on any atom is -0.487 e. The van der Waals surface area contributed by atoms with E-state index in [1.165, 1.54) is 5.56 Å². The molecule has 2 heterocycles. The van der Waals surface area contributed by atoms with Crippen molar-refractivity contribution >= 4 is 5.91 Å². The van der Waals surface area contributed by atoms with E-state index in [2.05, 4.69) is 9.97 Å². The molecule has 0 saturated carbocycles. The standard InChI is InChI=1S/C18H21N3O2/c1-12(2)17-19-9-8-16(20-17)18(22)21-10-15(11-21)23-14-6-4-13(3)5-7-14/h4-9,12,15H,10-11H2,1-3H3. The van der Waals surface area contributed by atoms with Crippen LogP contribution in [0.3, 0.4) is 0 Å². The molecule has 23 heavy (non-hydrogen) atoms. The summed E-state index contributed by atoms with van der Waals surface area (Å²) in [4.78, 5) is 22.7. The second kappa shape index (κ2) is 6.36. The molecule has 2 aromatic rings. The van der Waals surface area contributed by atoms with Crippen LogP contribution in [-0.4, -0.2) is 40.0 Å². The molecule has 1 aliphatic rings. The number of hydrogen-bond acceptors (Lipinski definition) is 4. The van der Waals surface area contributed by atoms with Crippen LogP contribution in [0, 0.1) is 6.92 Å². The van der Waals surface area contributed by atoms with E-state index in [4.69, 9.17) is 4.74 Å². The maximum absolute atomic E-state index is 12.4. The normalized spacial score (nSPS) is 14.7. The van der Waals surface area contributed by atoms with Gasteiger partial charge in [-0.3, -0.25) is 4.79 Å². The lowest BCUT2D eigenvalue weighted by Gasteiger charge is -2.38. The van der Waals surface area contributed by atoms with E-state index in [-0.39, 0.29) is 17.9 Å². The van der Waals surface area contributed by atoms with Gasteiger partial charge in [-0.25, -0.2) is 9.97 Å². The quantitative estimate of drug-likeness (QED) is 0.871. The van der Waals surface area contributed by atoms with Crippen LogP contribution in [0.4, 0.5) is 0 Å². The van der Waals surface area contributed by atoms with Gasteiger partial charge in [-0.15, -0.1) is 0 Å². The Kier molecular flexibility index (Phi) is 4.28. The smallest absolute Gasteiger partial charge is 0.272 e. The van der Waals surface area contributed by atoms with E-state index in [9.17, 15) is 4.79 Å². The zero-order valence-corrected chi connectivity index (χ0v) is 13.7. The highest BCUT2D eigenvalue weighted by Crippen LogP contribution is 2.20. The van der Waals surface area contributed by atoms with E-state index >= 15 is 0 Å². The Morgan fingerprint density at radius 1 is 1.22 bits per heavy atom. The molecule has 1 amide bonds. The number of likely N-dealkylation sites (tertiary alicyclic amines) is 1. The Morgan fingerprint density at radius 2 is 1.91 bits per heavy atom. The fourth-order valence-corrected chi connectivity index (χ4v) is 2.42. The topological polar surface area (TPSA) is 55.3 Å². The van der Waals surface area contributed by atoms with Crippen LogP contribution in [0.25, 0.3) is 0 Å². The van der Waals surface area contributed by atoms with Crippen LogP contribution in [0.15, 0.2) is 36.5 Å². The molecule has 5 heteroatoms. The molecule has 1 aliphatic heterocycles. The molecular formula is C18H21N3O2. The molecule has 1 aromatic heterocycles. The number of benzene rings is 1. The van der Waals surface area contributed by atoms with Crippen LogP contribution in [0.1, 0.15) is 41.6 Å². The van der Waals surface area contributed by atoms with Crippen molar-refractivity contribution in [3.63, 3.8) is 0 Å². The maximum Gasteiger partial charge on any atom is 0.272 e. The van der Waals surface area contributed by atoms with Crippen molar-refractivity contribution in [3.05, 3.63) is 53.6 Å². The molecule has 0 N–H and O–H groups in total. The fraction of sp³-hybridized carbons (Fsp3) is 0.389.